The minimum atomic E-state index is -0.0588. The Balaban J connectivity index is 1.52. The van der Waals surface area contributed by atoms with E-state index in [2.05, 4.69) is 34.1 Å². The Labute approximate surface area is 229 Å². The van der Waals surface area contributed by atoms with E-state index in [0.29, 0.717) is 18.0 Å². The lowest BCUT2D eigenvalue weighted by Gasteiger charge is -2.43. The zero-order valence-electron chi connectivity index (χ0n) is 21.8. The molecule has 1 aliphatic heterocycles. The van der Waals surface area contributed by atoms with E-state index in [0.717, 1.165) is 58.3 Å². The van der Waals surface area contributed by atoms with Crippen LogP contribution in [0.15, 0.2) is 121 Å². The topological polar surface area (TPSA) is 56.6 Å². The van der Waals surface area contributed by atoms with Gasteiger partial charge in [-0.15, -0.1) is 0 Å². The molecule has 1 aromatic heterocycles. The molecule has 6 rings (SSSR count). The number of hydrogen-bond donors (Lipinski definition) is 2. The summed E-state index contributed by atoms with van der Waals surface area (Å²) in [7, 11) is 0. The van der Waals surface area contributed by atoms with Crippen LogP contribution in [0, 0.1) is 0 Å². The van der Waals surface area contributed by atoms with Gasteiger partial charge >= 0.3 is 0 Å². The number of aromatic nitrogens is 1. The van der Waals surface area contributed by atoms with Gasteiger partial charge in [-0.2, -0.15) is 0 Å². The first-order valence-electron chi connectivity index (χ1n) is 13.6. The summed E-state index contributed by atoms with van der Waals surface area (Å²) in [5, 5.41) is 22.7. The standard InChI is InChI=1S/C35H32N2O2/c38-34-20-8-7-17-29(34)32-18-11-19-33(37(32)24-28-16-9-10-21-36-28)31-23-27(25-12-3-1-4-13-25)22-30(35(31)39)26-14-5-2-6-15-26/h1-10,12-17,20-23,32-33,38-39H,11,18-19,24H2/t32-,33+/m1/s1. The number of para-hydroxylation sites is 1. The quantitative estimate of drug-likeness (QED) is 0.240. The molecular formula is C35H32N2O2. The molecule has 1 fully saturated rings. The van der Waals surface area contributed by atoms with Gasteiger partial charge in [0.05, 0.1) is 5.69 Å². The van der Waals surface area contributed by atoms with E-state index in [1.54, 1.807) is 6.07 Å². The van der Waals surface area contributed by atoms with E-state index in [1.165, 1.54) is 0 Å². The second-order valence-electron chi connectivity index (χ2n) is 10.2. The van der Waals surface area contributed by atoms with Crippen molar-refractivity contribution >= 4 is 0 Å². The minimum absolute atomic E-state index is 0.00749. The number of hydrogen-bond acceptors (Lipinski definition) is 4. The van der Waals surface area contributed by atoms with E-state index >= 15 is 0 Å². The Morgan fingerprint density at radius 3 is 1.97 bits per heavy atom. The molecule has 39 heavy (non-hydrogen) atoms. The van der Waals surface area contributed by atoms with Crippen LogP contribution in [0.4, 0.5) is 0 Å². The highest BCUT2D eigenvalue weighted by Crippen LogP contribution is 2.49. The van der Waals surface area contributed by atoms with Gasteiger partial charge in [0, 0.05) is 41.5 Å². The van der Waals surface area contributed by atoms with Crippen molar-refractivity contribution in [2.75, 3.05) is 0 Å². The maximum Gasteiger partial charge on any atom is 0.128 e. The van der Waals surface area contributed by atoms with Gasteiger partial charge in [0.2, 0.25) is 0 Å². The number of phenols is 2. The van der Waals surface area contributed by atoms with Crippen molar-refractivity contribution in [3.63, 3.8) is 0 Å². The summed E-state index contributed by atoms with van der Waals surface area (Å²) in [6, 6.07) is 38.2. The first-order chi connectivity index (χ1) is 19.2. The molecule has 0 bridgehead atoms. The molecule has 5 aromatic rings. The third kappa shape index (κ3) is 5.16. The SMILES string of the molecule is Oc1ccccc1[C@H]1CCC[C@@H](c2cc(-c3ccccc3)cc(-c3ccccc3)c2O)N1Cc1ccccn1. The van der Waals surface area contributed by atoms with E-state index in [4.69, 9.17) is 0 Å². The van der Waals surface area contributed by atoms with Crippen LogP contribution >= 0.6 is 0 Å². The Hall–Kier alpha value is -4.41. The van der Waals surface area contributed by atoms with Crippen LogP contribution in [-0.2, 0) is 6.54 Å². The lowest BCUT2D eigenvalue weighted by Crippen LogP contribution is -2.36. The maximum absolute atomic E-state index is 11.9. The molecular weight excluding hydrogens is 480 g/mol. The number of rotatable bonds is 6. The average molecular weight is 513 g/mol. The summed E-state index contributed by atoms with van der Waals surface area (Å²) >= 11 is 0. The third-order valence-electron chi connectivity index (χ3n) is 7.81. The lowest BCUT2D eigenvalue weighted by molar-refractivity contribution is 0.0693. The molecule has 4 nitrogen and oxygen atoms in total. The van der Waals surface area contributed by atoms with Crippen molar-refractivity contribution in [3.05, 3.63) is 138 Å². The Kier molecular flexibility index (Phi) is 7.11. The van der Waals surface area contributed by atoms with Gasteiger partial charge in [0.15, 0.2) is 0 Å². The predicted octanol–water partition coefficient (Wildman–Crippen LogP) is 8.30. The van der Waals surface area contributed by atoms with Gasteiger partial charge in [-0.05, 0) is 66.3 Å². The summed E-state index contributed by atoms with van der Waals surface area (Å²) in [6.07, 6.45) is 4.63. The van der Waals surface area contributed by atoms with Gasteiger partial charge in [0.1, 0.15) is 11.5 Å². The Bertz CT molecular complexity index is 1540. The highest BCUT2D eigenvalue weighted by molar-refractivity contribution is 5.79. The number of nitrogens with zero attached hydrogens (tertiary/aromatic N) is 2. The van der Waals surface area contributed by atoms with Crippen molar-refractivity contribution in [2.24, 2.45) is 0 Å². The second-order valence-corrected chi connectivity index (χ2v) is 10.2. The fourth-order valence-corrected chi connectivity index (χ4v) is 5.94. The molecule has 0 radical (unpaired) electrons. The molecule has 0 unspecified atom stereocenters. The number of aromatic hydroxyl groups is 2. The first-order valence-corrected chi connectivity index (χ1v) is 13.6. The monoisotopic (exact) mass is 512 g/mol. The maximum atomic E-state index is 11.9. The van der Waals surface area contributed by atoms with Crippen molar-refractivity contribution in [1.29, 1.82) is 0 Å². The van der Waals surface area contributed by atoms with Crippen LogP contribution in [-0.4, -0.2) is 20.1 Å². The van der Waals surface area contributed by atoms with Gasteiger partial charge in [0.25, 0.3) is 0 Å². The summed E-state index contributed by atoms with van der Waals surface area (Å²) in [5.74, 6) is 0.622. The van der Waals surface area contributed by atoms with Crippen molar-refractivity contribution in [1.82, 2.24) is 9.88 Å². The average Bonchev–Trinajstić information content (AvgIpc) is 2.99. The number of benzene rings is 4. The zero-order valence-corrected chi connectivity index (χ0v) is 21.8. The number of piperidine rings is 1. The van der Waals surface area contributed by atoms with Crippen molar-refractivity contribution in [3.8, 4) is 33.8 Å². The fraction of sp³-hybridized carbons (Fsp3) is 0.171. The van der Waals surface area contributed by atoms with Crippen LogP contribution in [0.3, 0.4) is 0 Å². The highest BCUT2D eigenvalue weighted by Gasteiger charge is 2.36. The lowest BCUT2D eigenvalue weighted by atomic mass is 9.84. The van der Waals surface area contributed by atoms with E-state index < -0.39 is 0 Å². The van der Waals surface area contributed by atoms with Gasteiger partial charge in [-0.1, -0.05) is 84.9 Å². The molecule has 4 heteroatoms. The van der Waals surface area contributed by atoms with Crippen molar-refractivity contribution < 1.29 is 10.2 Å². The van der Waals surface area contributed by atoms with Crippen LogP contribution in [0.1, 0.15) is 48.2 Å². The van der Waals surface area contributed by atoms with E-state index in [1.807, 2.05) is 91.1 Å². The zero-order chi connectivity index (χ0) is 26.6. The van der Waals surface area contributed by atoms with Crippen LogP contribution < -0.4 is 0 Å². The highest BCUT2D eigenvalue weighted by atomic mass is 16.3. The molecule has 0 aliphatic carbocycles. The summed E-state index contributed by atoms with van der Waals surface area (Å²) in [5.41, 5.74) is 6.79. The van der Waals surface area contributed by atoms with E-state index in [-0.39, 0.29) is 12.1 Å². The van der Waals surface area contributed by atoms with Gasteiger partial charge in [-0.25, -0.2) is 0 Å². The van der Waals surface area contributed by atoms with Crippen molar-refractivity contribution in [2.45, 2.75) is 37.9 Å². The molecule has 1 aliphatic rings. The van der Waals surface area contributed by atoms with Gasteiger partial charge in [-0.3, -0.25) is 9.88 Å². The Morgan fingerprint density at radius 1 is 0.641 bits per heavy atom. The Morgan fingerprint density at radius 2 is 1.28 bits per heavy atom. The molecule has 0 amide bonds. The van der Waals surface area contributed by atoms with Gasteiger partial charge < -0.3 is 10.2 Å². The molecule has 1 saturated heterocycles. The molecule has 194 valence electrons. The fourth-order valence-electron chi connectivity index (χ4n) is 5.94. The number of phenolic OH excluding ortho intramolecular Hbond substituents is 2. The summed E-state index contributed by atoms with van der Waals surface area (Å²) in [6.45, 7) is 0.611. The first kappa shape index (κ1) is 24.9. The smallest absolute Gasteiger partial charge is 0.128 e. The minimum Gasteiger partial charge on any atom is -0.508 e. The normalized spacial score (nSPS) is 17.6. The second kappa shape index (κ2) is 11.1. The van der Waals surface area contributed by atoms with Crippen LogP contribution in [0.2, 0.25) is 0 Å². The molecule has 2 atom stereocenters. The molecule has 2 N–H and O–H groups in total. The molecule has 2 heterocycles. The molecule has 0 spiro atoms. The number of likely N-dealkylation sites (tertiary alicyclic amines) is 1. The van der Waals surface area contributed by atoms with Crippen LogP contribution in [0.25, 0.3) is 22.3 Å². The summed E-state index contributed by atoms with van der Waals surface area (Å²) < 4.78 is 0. The largest absolute Gasteiger partial charge is 0.508 e. The molecule has 0 saturated carbocycles. The third-order valence-corrected chi connectivity index (χ3v) is 7.81. The van der Waals surface area contributed by atoms with E-state index in [9.17, 15) is 10.2 Å². The molecule has 4 aromatic carbocycles. The van der Waals surface area contributed by atoms with Crippen LogP contribution in [0.5, 0.6) is 11.5 Å². The summed E-state index contributed by atoms with van der Waals surface area (Å²) in [4.78, 5) is 7.05. The predicted molar refractivity (Wildman–Crippen MR) is 156 cm³/mol. The number of pyridine rings is 1.